The van der Waals surface area contributed by atoms with Gasteiger partial charge >= 0.3 is 0 Å². The molecule has 2 N–H and O–H groups in total. The van der Waals surface area contributed by atoms with E-state index in [-0.39, 0.29) is 9.79 Å². The van der Waals surface area contributed by atoms with E-state index in [4.69, 9.17) is 0 Å². The van der Waals surface area contributed by atoms with Gasteiger partial charge < -0.3 is 10.6 Å². The summed E-state index contributed by atoms with van der Waals surface area (Å²) in [6, 6.07) is 12.0. The van der Waals surface area contributed by atoms with Gasteiger partial charge in [0, 0.05) is 11.7 Å². The smallest absolute Gasteiger partial charge is 0.206 e. The van der Waals surface area contributed by atoms with Crippen molar-refractivity contribution in [2.45, 2.75) is 28.7 Å². The van der Waals surface area contributed by atoms with Crippen LogP contribution in [0.1, 0.15) is 12.8 Å². The van der Waals surface area contributed by atoms with E-state index in [9.17, 15) is 12.8 Å². The van der Waals surface area contributed by atoms with Crippen LogP contribution >= 0.6 is 0 Å². The van der Waals surface area contributed by atoms with Crippen molar-refractivity contribution in [3.63, 3.8) is 0 Å². The van der Waals surface area contributed by atoms with Crippen LogP contribution in [0.4, 0.5) is 10.1 Å². The van der Waals surface area contributed by atoms with Crippen LogP contribution in [0.15, 0.2) is 58.3 Å². The molecular weight excluding hydrogens is 315 g/mol. The Bertz CT molecular complexity index is 752. The molecule has 2 aromatic carbocycles. The number of hydrogen-bond donors (Lipinski definition) is 2. The van der Waals surface area contributed by atoms with Gasteiger partial charge in [0.2, 0.25) is 9.84 Å². The lowest BCUT2D eigenvalue weighted by atomic mass is 10.1. The van der Waals surface area contributed by atoms with Crippen LogP contribution in [0.5, 0.6) is 0 Å². The fourth-order valence-electron chi connectivity index (χ4n) is 2.68. The fourth-order valence-corrected chi connectivity index (χ4v) is 3.94. The molecule has 0 aliphatic carbocycles. The van der Waals surface area contributed by atoms with Crippen LogP contribution in [0, 0.1) is 5.82 Å². The maximum Gasteiger partial charge on any atom is 0.206 e. The average molecular weight is 334 g/mol. The molecule has 3 rings (SSSR count). The highest BCUT2D eigenvalue weighted by Crippen LogP contribution is 2.23. The molecule has 0 radical (unpaired) electrons. The zero-order chi connectivity index (χ0) is 16.3. The molecule has 122 valence electrons. The number of nitrogens with one attached hydrogen (secondary N) is 2. The summed E-state index contributed by atoms with van der Waals surface area (Å²) in [7, 11) is -3.61. The number of benzene rings is 2. The minimum Gasteiger partial charge on any atom is -0.382 e. The highest BCUT2D eigenvalue weighted by Gasteiger charge is 2.18. The first-order chi connectivity index (χ1) is 11.1. The Hall–Kier alpha value is -1.92. The zero-order valence-corrected chi connectivity index (χ0v) is 13.4. The van der Waals surface area contributed by atoms with Crippen LogP contribution in [0.25, 0.3) is 0 Å². The molecule has 1 heterocycles. The molecular formula is C17H19FN2O2S. The van der Waals surface area contributed by atoms with Crippen molar-refractivity contribution >= 4 is 15.5 Å². The van der Waals surface area contributed by atoms with E-state index in [0.29, 0.717) is 6.04 Å². The third-order valence-electron chi connectivity index (χ3n) is 4.00. The first kappa shape index (κ1) is 16.0. The molecule has 0 bridgehead atoms. The van der Waals surface area contributed by atoms with Crippen molar-refractivity contribution in [1.29, 1.82) is 0 Å². The van der Waals surface area contributed by atoms with Crippen molar-refractivity contribution in [1.82, 2.24) is 5.32 Å². The van der Waals surface area contributed by atoms with Gasteiger partial charge in [0.25, 0.3) is 0 Å². The lowest BCUT2D eigenvalue weighted by Gasteiger charge is -2.24. The summed E-state index contributed by atoms with van der Waals surface area (Å²) in [4.78, 5) is 0.304. The van der Waals surface area contributed by atoms with Crippen LogP contribution in [0.2, 0.25) is 0 Å². The Kier molecular flexibility index (Phi) is 4.63. The summed E-state index contributed by atoms with van der Waals surface area (Å²) < 4.78 is 37.9. The molecule has 2 aromatic rings. The molecule has 1 aliphatic rings. The number of halogens is 1. The number of sulfone groups is 1. The molecule has 0 spiro atoms. The van der Waals surface area contributed by atoms with Gasteiger partial charge in [0.1, 0.15) is 5.82 Å². The molecule has 1 fully saturated rings. The standard InChI is InChI=1S/C17H19FN2O2S/c18-13-1-5-16(6-2-13)23(21,22)17-7-3-14(4-8-17)20-15-9-11-19-12-10-15/h1-8,15,19-20H,9-12H2. The van der Waals surface area contributed by atoms with E-state index in [0.717, 1.165) is 43.8 Å². The number of piperidine rings is 1. The van der Waals surface area contributed by atoms with E-state index in [1.165, 1.54) is 12.1 Å². The maximum atomic E-state index is 12.9. The van der Waals surface area contributed by atoms with Crippen molar-refractivity contribution in [2.24, 2.45) is 0 Å². The molecule has 0 amide bonds. The van der Waals surface area contributed by atoms with Gasteiger partial charge in [0.05, 0.1) is 9.79 Å². The van der Waals surface area contributed by atoms with Gasteiger partial charge in [-0.2, -0.15) is 0 Å². The third kappa shape index (κ3) is 3.71. The summed E-state index contributed by atoms with van der Waals surface area (Å²) in [5.41, 5.74) is 0.912. The van der Waals surface area contributed by atoms with Gasteiger partial charge in [-0.05, 0) is 74.5 Å². The van der Waals surface area contributed by atoms with E-state index in [1.54, 1.807) is 24.3 Å². The highest BCUT2D eigenvalue weighted by atomic mass is 32.2. The number of anilines is 1. The average Bonchev–Trinajstić information content (AvgIpc) is 2.57. The van der Waals surface area contributed by atoms with Crippen LogP contribution in [0.3, 0.4) is 0 Å². The Morgan fingerprint density at radius 2 is 1.43 bits per heavy atom. The molecule has 0 atom stereocenters. The second kappa shape index (κ2) is 6.68. The predicted molar refractivity (Wildman–Crippen MR) is 87.8 cm³/mol. The van der Waals surface area contributed by atoms with Gasteiger partial charge in [-0.3, -0.25) is 0 Å². The topological polar surface area (TPSA) is 58.2 Å². The number of rotatable bonds is 4. The van der Waals surface area contributed by atoms with E-state index < -0.39 is 15.7 Å². The molecule has 0 aromatic heterocycles. The molecule has 0 saturated carbocycles. The van der Waals surface area contributed by atoms with E-state index in [1.807, 2.05) is 0 Å². The van der Waals surface area contributed by atoms with E-state index >= 15 is 0 Å². The Morgan fingerprint density at radius 1 is 0.913 bits per heavy atom. The molecule has 4 nitrogen and oxygen atoms in total. The monoisotopic (exact) mass is 334 g/mol. The largest absolute Gasteiger partial charge is 0.382 e. The SMILES string of the molecule is O=S(=O)(c1ccc(F)cc1)c1ccc(NC2CCNCC2)cc1. The van der Waals surface area contributed by atoms with Crippen LogP contribution in [-0.4, -0.2) is 27.5 Å². The van der Waals surface area contributed by atoms with Gasteiger partial charge in [-0.25, -0.2) is 12.8 Å². The molecule has 23 heavy (non-hydrogen) atoms. The molecule has 1 saturated heterocycles. The minimum atomic E-state index is -3.61. The summed E-state index contributed by atoms with van der Waals surface area (Å²) in [6.45, 7) is 1.99. The van der Waals surface area contributed by atoms with Crippen molar-refractivity contribution < 1.29 is 12.8 Å². The Labute approximate surface area is 135 Å². The fraction of sp³-hybridized carbons (Fsp3) is 0.294. The van der Waals surface area contributed by atoms with Gasteiger partial charge in [0.15, 0.2) is 0 Å². The second-order valence-electron chi connectivity index (χ2n) is 5.65. The van der Waals surface area contributed by atoms with Crippen LogP contribution < -0.4 is 10.6 Å². The summed E-state index contributed by atoms with van der Waals surface area (Å²) in [5.74, 6) is -0.453. The normalized spacial score (nSPS) is 16.2. The highest BCUT2D eigenvalue weighted by molar-refractivity contribution is 7.91. The second-order valence-corrected chi connectivity index (χ2v) is 7.60. The molecule has 0 unspecified atom stereocenters. The lowest BCUT2D eigenvalue weighted by Crippen LogP contribution is -2.35. The first-order valence-electron chi connectivity index (χ1n) is 7.64. The molecule has 1 aliphatic heterocycles. The molecule has 6 heteroatoms. The van der Waals surface area contributed by atoms with Crippen molar-refractivity contribution in [3.05, 3.63) is 54.3 Å². The third-order valence-corrected chi connectivity index (χ3v) is 5.78. The number of hydrogen-bond acceptors (Lipinski definition) is 4. The quantitative estimate of drug-likeness (QED) is 0.844. The lowest BCUT2D eigenvalue weighted by molar-refractivity contribution is 0.479. The van der Waals surface area contributed by atoms with Gasteiger partial charge in [-0.1, -0.05) is 0 Å². The van der Waals surface area contributed by atoms with Crippen molar-refractivity contribution in [2.75, 3.05) is 18.4 Å². The Balaban J connectivity index is 1.76. The van der Waals surface area contributed by atoms with Crippen molar-refractivity contribution in [3.8, 4) is 0 Å². The minimum absolute atomic E-state index is 0.0953. The first-order valence-corrected chi connectivity index (χ1v) is 9.12. The zero-order valence-electron chi connectivity index (χ0n) is 12.6. The van der Waals surface area contributed by atoms with E-state index in [2.05, 4.69) is 10.6 Å². The van der Waals surface area contributed by atoms with Gasteiger partial charge in [-0.15, -0.1) is 0 Å². The maximum absolute atomic E-state index is 12.9. The summed E-state index contributed by atoms with van der Waals surface area (Å²) in [6.07, 6.45) is 2.10. The van der Waals surface area contributed by atoms with Crippen LogP contribution in [-0.2, 0) is 9.84 Å². The summed E-state index contributed by atoms with van der Waals surface area (Å²) in [5, 5.41) is 6.73. The summed E-state index contributed by atoms with van der Waals surface area (Å²) >= 11 is 0. The predicted octanol–water partition coefficient (Wildman–Crippen LogP) is 2.82. The Morgan fingerprint density at radius 3 is 2.00 bits per heavy atom.